The number of amides is 1. The summed E-state index contributed by atoms with van der Waals surface area (Å²) in [5.74, 6) is 0.569. The largest absolute Gasteiger partial charge is 0.489 e. The van der Waals surface area contributed by atoms with Crippen molar-refractivity contribution in [2.24, 2.45) is 0 Å². The highest BCUT2D eigenvalue weighted by atomic mass is 35.5. The van der Waals surface area contributed by atoms with Gasteiger partial charge in [-0.15, -0.1) is 11.3 Å². The van der Waals surface area contributed by atoms with E-state index < -0.39 is 0 Å². The van der Waals surface area contributed by atoms with Gasteiger partial charge in [-0.05, 0) is 59.8 Å². The first-order valence-corrected chi connectivity index (χ1v) is 11.6. The molecule has 0 bridgehead atoms. The molecular formula is C23H18Cl3N3O2S. The zero-order valence-corrected chi connectivity index (χ0v) is 20.0. The van der Waals surface area contributed by atoms with Crippen LogP contribution in [0.25, 0.3) is 0 Å². The number of benzene rings is 2. The number of nitrogens with one attached hydrogen (secondary N) is 1. The van der Waals surface area contributed by atoms with E-state index in [0.717, 1.165) is 22.4 Å². The summed E-state index contributed by atoms with van der Waals surface area (Å²) in [5.41, 5.74) is 3.45. The summed E-state index contributed by atoms with van der Waals surface area (Å²) in [6.07, 6.45) is 3.37. The number of hydrogen-bond acceptors (Lipinski definition) is 4. The monoisotopic (exact) mass is 505 g/mol. The number of ether oxygens (including phenoxy) is 1. The Morgan fingerprint density at radius 1 is 1.09 bits per heavy atom. The zero-order valence-electron chi connectivity index (χ0n) is 16.9. The number of aromatic nitrogens is 2. The lowest BCUT2D eigenvalue weighted by molar-refractivity contribution is 0.103. The number of carbonyl (C=O) groups excluding carboxylic acids is 1. The molecule has 0 atom stereocenters. The van der Waals surface area contributed by atoms with Crippen molar-refractivity contribution in [2.45, 2.75) is 20.1 Å². The number of nitrogens with zero attached hydrogens (tertiary/aromatic N) is 2. The number of hydrogen-bond donors (Lipinski definition) is 1. The first kappa shape index (κ1) is 22.7. The van der Waals surface area contributed by atoms with E-state index >= 15 is 0 Å². The second-order valence-electron chi connectivity index (χ2n) is 7.15. The molecule has 0 spiro atoms. The van der Waals surface area contributed by atoms with Gasteiger partial charge in [-0.2, -0.15) is 5.10 Å². The maximum absolute atomic E-state index is 12.6. The van der Waals surface area contributed by atoms with E-state index in [2.05, 4.69) is 10.4 Å². The topological polar surface area (TPSA) is 56.1 Å². The average Bonchev–Trinajstić information content (AvgIpc) is 3.40. The Balaban J connectivity index is 1.34. The smallest absolute Gasteiger partial charge is 0.265 e. The van der Waals surface area contributed by atoms with Gasteiger partial charge in [-0.1, -0.05) is 40.9 Å². The minimum atomic E-state index is -0.196. The van der Waals surface area contributed by atoms with Gasteiger partial charge in [0, 0.05) is 16.8 Å². The van der Waals surface area contributed by atoms with E-state index in [0.29, 0.717) is 38.8 Å². The number of aryl methyl sites for hydroxylation is 1. The van der Waals surface area contributed by atoms with Crippen LogP contribution in [0.1, 0.15) is 26.4 Å². The van der Waals surface area contributed by atoms with Crippen molar-refractivity contribution in [3.63, 3.8) is 0 Å². The molecule has 1 amide bonds. The van der Waals surface area contributed by atoms with Crippen molar-refractivity contribution in [2.75, 3.05) is 5.32 Å². The minimum absolute atomic E-state index is 0.196. The molecule has 2 aromatic carbocycles. The van der Waals surface area contributed by atoms with Crippen LogP contribution < -0.4 is 10.1 Å². The van der Waals surface area contributed by atoms with Crippen LogP contribution in [-0.4, -0.2) is 15.7 Å². The van der Waals surface area contributed by atoms with Crippen LogP contribution in [0.4, 0.5) is 5.69 Å². The second-order valence-corrected chi connectivity index (χ2v) is 9.31. The minimum Gasteiger partial charge on any atom is -0.489 e. The lowest BCUT2D eigenvalue weighted by Crippen LogP contribution is -2.09. The molecule has 2 aromatic heterocycles. The number of halogens is 3. The van der Waals surface area contributed by atoms with Crippen molar-refractivity contribution in [1.82, 2.24) is 9.78 Å². The summed E-state index contributed by atoms with van der Waals surface area (Å²) in [4.78, 5) is 13.2. The molecule has 0 aliphatic carbocycles. The third kappa shape index (κ3) is 5.64. The van der Waals surface area contributed by atoms with Gasteiger partial charge in [0.2, 0.25) is 0 Å². The summed E-state index contributed by atoms with van der Waals surface area (Å²) < 4.78 is 7.57. The fourth-order valence-corrected chi connectivity index (χ4v) is 4.38. The summed E-state index contributed by atoms with van der Waals surface area (Å²) in [7, 11) is 0. The summed E-state index contributed by atoms with van der Waals surface area (Å²) in [6.45, 7) is 2.82. The Hall–Kier alpha value is -2.51. The van der Waals surface area contributed by atoms with Crippen molar-refractivity contribution in [1.29, 1.82) is 0 Å². The zero-order chi connectivity index (χ0) is 22.7. The van der Waals surface area contributed by atoms with Crippen LogP contribution in [0.5, 0.6) is 5.75 Å². The fourth-order valence-electron chi connectivity index (χ4n) is 3.04. The molecule has 2 heterocycles. The average molecular weight is 507 g/mol. The normalized spacial score (nSPS) is 10.9. The van der Waals surface area contributed by atoms with E-state index in [1.54, 1.807) is 35.3 Å². The highest BCUT2D eigenvalue weighted by molar-refractivity contribution is 7.12. The number of anilines is 1. The van der Waals surface area contributed by atoms with E-state index in [-0.39, 0.29) is 5.91 Å². The molecule has 1 N–H and O–H groups in total. The van der Waals surface area contributed by atoms with Gasteiger partial charge in [0.1, 0.15) is 12.4 Å². The maximum Gasteiger partial charge on any atom is 0.265 e. The third-order valence-corrected chi connectivity index (χ3v) is 6.58. The second kappa shape index (κ2) is 9.96. The van der Waals surface area contributed by atoms with Gasteiger partial charge < -0.3 is 10.1 Å². The Labute approximate surface area is 204 Å². The van der Waals surface area contributed by atoms with Crippen LogP contribution in [0.2, 0.25) is 15.1 Å². The van der Waals surface area contributed by atoms with Gasteiger partial charge in [-0.25, -0.2) is 0 Å². The lowest BCUT2D eigenvalue weighted by Gasteiger charge is -2.08. The van der Waals surface area contributed by atoms with E-state index in [9.17, 15) is 4.79 Å². The molecule has 0 fully saturated rings. The highest BCUT2D eigenvalue weighted by Gasteiger charge is 2.12. The third-order valence-electron chi connectivity index (χ3n) is 4.63. The summed E-state index contributed by atoms with van der Waals surface area (Å²) >= 11 is 19.4. The molecular weight excluding hydrogens is 489 g/mol. The predicted octanol–water partition coefficient (Wildman–Crippen LogP) is 7.09. The van der Waals surface area contributed by atoms with Gasteiger partial charge in [-0.3, -0.25) is 9.48 Å². The SMILES string of the molecule is Cc1cc(Cl)ccc1OCc1csc(C(=O)Nc2cnn(Cc3ccc(Cl)c(Cl)c3)c2)c1. The van der Waals surface area contributed by atoms with Crippen LogP contribution in [0.3, 0.4) is 0 Å². The van der Waals surface area contributed by atoms with E-state index in [1.807, 2.05) is 36.6 Å². The first-order valence-electron chi connectivity index (χ1n) is 9.61. The van der Waals surface area contributed by atoms with E-state index in [1.165, 1.54) is 11.3 Å². The Morgan fingerprint density at radius 2 is 1.94 bits per heavy atom. The summed E-state index contributed by atoms with van der Waals surface area (Å²) in [5, 5.41) is 10.7. The van der Waals surface area contributed by atoms with Gasteiger partial charge in [0.25, 0.3) is 5.91 Å². The Bertz CT molecular complexity index is 1270. The molecule has 164 valence electrons. The van der Waals surface area contributed by atoms with Crippen molar-refractivity contribution in [3.05, 3.63) is 96.9 Å². The Kier molecular flexibility index (Phi) is 7.06. The molecule has 0 aliphatic heterocycles. The van der Waals surface area contributed by atoms with Crippen LogP contribution in [0.15, 0.2) is 60.2 Å². The predicted molar refractivity (Wildman–Crippen MR) is 131 cm³/mol. The molecule has 32 heavy (non-hydrogen) atoms. The molecule has 5 nitrogen and oxygen atoms in total. The van der Waals surface area contributed by atoms with Crippen molar-refractivity contribution in [3.8, 4) is 5.75 Å². The standard InChI is InChI=1S/C23H18Cl3N3O2S/c1-14-6-17(24)3-5-21(14)31-12-16-8-22(32-13-16)23(30)28-18-9-27-29(11-18)10-15-2-4-19(25)20(26)7-15/h2-9,11,13H,10,12H2,1H3,(H,28,30). The molecule has 9 heteroatoms. The van der Waals surface area contributed by atoms with Crippen molar-refractivity contribution < 1.29 is 9.53 Å². The van der Waals surface area contributed by atoms with Gasteiger partial charge in [0.15, 0.2) is 0 Å². The molecule has 0 unspecified atom stereocenters. The highest BCUT2D eigenvalue weighted by Crippen LogP contribution is 2.25. The molecule has 4 rings (SSSR count). The molecule has 0 radical (unpaired) electrons. The first-order chi connectivity index (χ1) is 15.4. The number of carbonyl (C=O) groups is 1. The molecule has 0 saturated carbocycles. The van der Waals surface area contributed by atoms with Gasteiger partial charge >= 0.3 is 0 Å². The fraction of sp³-hybridized carbons (Fsp3) is 0.130. The summed E-state index contributed by atoms with van der Waals surface area (Å²) in [6, 6.07) is 12.7. The molecule has 4 aromatic rings. The lowest BCUT2D eigenvalue weighted by atomic mass is 10.2. The van der Waals surface area contributed by atoms with Crippen LogP contribution in [-0.2, 0) is 13.2 Å². The van der Waals surface area contributed by atoms with Crippen LogP contribution >= 0.6 is 46.1 Å². The molecule has 0 aliphatic rings. The number of thiophene rings is 1. The molecule has 0 saturated heterocycles. The van der Waals surface area contributed by atoms with E-state index in [4.69, 9.17) is 39.5 Å². The van der Waals surface area contributed by atoms with Crippen LogP contribution in [0, 0.1) is 6.92 Å². The Morgan fingerprint density at radius 3 is 2.72 bits per heavy atom. The number of rotatable bonds is 7. The van der Waals surface area contributed by atoms with Crippen molar-refractivity contribution >= 4 is 57.7 Å². The quantitative estimate of drug-likeness (QED) is 0.291. The van der Waals surface area contributed by atoms with Gasteiger partial charge in [0.05, 0.1) is 33.4 Å². The maximum atomic E-state index is 12.6.